The Morgan fingerprint density at radius 3 is 2.54 bits per heavy atom. The predicted octanol–water partition coefficient (Wildman–Crippen LogP) is 6.33. The molecule has 0 bridgehead atoms. The molecule has 5 nitrogen and oxygen atoms in total. The fourth-order valence-electron chi connectivity index (χ4n) is 5.63. The number of fused-ring (bicyclic) bond motifs is 3. The van der Waals surface area contributed by atoms with Gasteiger partial charge in [0.2, 0.25) is 0 Å². The number of imidazole rings is 1. The number of benzene rings is 3. The van der Waals surface area contributed by atoms with Crippen LogP contribution in [-0.2, 0) is 7.05 Å². The van der Waals surface area contributed by atoms with Crippen molar-refractivity contribution in [3.8, 4) is 22.5 Å². The first-order chi connectivity index (χ1) is 17.3. The molecule has 1 N–H and O–H groups in total. The van der Waals surface area contributed by atoms with E-state index in [1.54, 1.807) is 0 Å². The highest BCUT2D eigenvalue weighted by Crippen LogP contribution is 2.36. The van der Waals surface area contributed by atoms with Gasteiger partial charge in [0.25, 0.3) is 0 Å². The summed E-state index contributed by atoms with van der Waals surface area (Å²) in [6, 6.07) is 26.3. The molecule has 0 spiro atoms. The maximum absolute atomic E-state index is 5.24. The van der Waals surface area contributed by atoms with E-state index >= 15 is 0 Å². The molecule has 0 aliphatic carbocycles. The topological polar surface area (TPSA) is 47.7 Å². The van der Waals surface area contributed by atoms with Crippen LogP contribution >= 0.6 is 0 Å². The lowest BCUT2D eigenvalue weighted by molar-refractivity contribution is 0.376. The summed E-state index contributed by atoms with van der Waals surface area (Å²) in [7, 11) is 2.11. The van der Waals surface area contributed by atoms with Crippen LogP contribution in [0.25, 0.3) is 55.4 Å². The Kier molecular flexibility index (Phi) is 4.71. The van der Waals surface area contributed by atoms with Gasteiger partial charge in [-0.15, -0.1) is 0 Å². The maximum Gasteiger partial charge on any atom is 0.160 e. The van der Waals surface area contributed by atoms with E-state index in [1.807, 2.05) is 6.20 Å². The molecule has 3 aromatic carbocycles. The molecule has 1 saturated heterocycles. The number of aromatic nitrogens is 4. The Balaban J connectivity index is 1.43. The molecule has 6 aromatic rings. The average Bonchev–Trinajstić information content (AvgIpc) is 3.46. The zero-order valence-corrected chi connectivity index (χ0v) is 19.8. The van der Waals surface area contributed by atoms with Crippen LogP contribution in [0.4, 0.5) is 0 Å². The fourth-order valence-corrected chi connectivity index (χ4v) is 5.63. The van der Waals surface area contributed by atoms with E-state index in [2.05, 4.69) is 100 Å². The molecule has 0 radical (unpaired) electrons. The summed E-state index contributed by atoms with van der Waals surface area (Å²) in [4.78, 5) is 10.3. The monoisotopic (exact) mass is 457 g/mol. The third-order valence-electron chi connectivity index (χ3n) is 7.42. The van der Waals surface area contributed by atoms with E-state index in [0.717, 1.165) is 48.5 Å². The second-order valence-corrected chi connectivity index (χ2v) is 9.59. The van der Waals surface area contributed by atoms with E-state index in [9.17, 15) is 0 Å². The van der Waals surface area contributed by atoms with Gasteiger partial charge in [-0.3, -0.25) is 0 Å². The first-order valence-corrected chi connectivity index (χ1v) is 12.4. The van der Waals surface area contributed by atoms with E-state index in [4.69, 9.17) is 9.97 Å². The number of para-hydroxylation sites is 1. The van der Waals surface area contributed by atoms with E-state index < -0.39 is 0 Å². The van der Waals surface area contributed by atoms with Crippen molar-refractivity contribution in [1.29, 1.82) is 0 Å². The first kappa shape index (κ1) is 20.4. The quantitative estimate of drug-likeness (QED) is 0.338. The van der Waals surface area contributed by atoms with Crippen LogP contribution in [-0.4, -0.2) is 32.2 Å². The molecule has 0 unspecified atom stereocenters. The van der Waals surface area contributed by atoms with Gasteiger partial charge in [-0.25, -0.2) is 9.97 Å². The van der Waals surface area contributed by atoms with Crippen LogP contribution in [0.3, 0.4) is 0 Å². The number of nitrogens with zero attached hydrogens (tertiary/aromatic N) is 4. The van der Waals surface area contributed by atoms with Gasteiger partial charge in [0, 0.05) is 47.5 Å². The number of rotatable bonds is 3. The molecule has 3 aromatic heterocycles. The van der Waals surface area contributed by atoms with Crippen LogP contribution in [0.2, 0.25) is 0 Å². The van der Waals surface area contributed by atoms with Crippen molar-refractivity contribution in [2.24, 2.45) is 7.05 Å². The van der Waals surface area contributed by atoms with Crippen LogP contribution in [0.15, 0.2) is 85.2 Å². The Labute approximate surface area is 204 Å². The largest absolute Gasteiger partial charge is 0.350 e. The molecule has 0 atom stereocenters. The van der Waals surface area contributed by atoms with Crippen molar-refractivity contribution in [3.63, 3.8) is 0 Å². The lowest BCUT2D eigenvalue weighted by Crippen LogP contribution is -2.29. The SMILES string of the molecule is Cn1cc(-c2nc3cc(-c4ccc5ccccc5c4)cnc3n2C2CCNCC2)c2ccccc21. The van der Waals surface area contributed by atoms with E-state index in [0.29, 0.717) is 6.04 Å². The van der Waals surface area contributed by atoms with Gasteiger partial charge in [0.15, 0.2) is 5.65 Å². The van der Waals surface area contributed by atoms with Gasteiger partial charge in [0.05, 0.1) is 0 Å². The van der Waals surface area contributed by atoms with Gasteiger partial charge in [-0.05, 0) is 60.5 Å². The van der Waals surface area contributed by atoms with Crippen molar-refractivity contribution in [3.05, 3.63) is 85.2 Å². The van der Waals surface area contributed by atoms with Crippen LogP contribution in [0.5, 0.6) is 0 Å². The van der Waals surface area contributed by atoms with Crippen molar-refractivity contribution < 1.29 is 0 Å². The average molecular weight is 458 g/mol. The molecule has 7 rings (SSSR count). The van der Waals surface area contributed by atoms with E-state index in [1.165, 1.54) is 32.8 Å². The standard InChI is InChI=1S/C30H27N5/c1-34-19-26(25-8-4-5-9-28(25)34)29-33-27-17-23(22-11-10-20-6-2-3-7-21(20)16-22)18-32-30(27)35(29)24-12-14-31-15-13-24/h2-11,16-19,24,31H,12-15H2,1H3. The number of piperidine rings is 1. The predicted molar refractivity (Wildman–Crippen MR) is 144 cm³/mol. The van der Waals surface area contributed by atoms with Gasteiger partial charge >= 0.3 is 0 Å². The first-order valence-electron chi connectivity index (χ1n) is 12.4. The molecule has 5 heteroatoms. The molecule has 1 fully saturated rings. The minimum Gasteiger partial charge on any atom is -0.350 e. The van der Waals surface area contributed by atoms with Crippen molar-refractivity contribution in [2.45, 2.75) is 18.9 Å². The summed E-state index contributed by atoms with van der Waals surface area (Å²) in [5, 5.41) is 7.22. The molecule has 1 aliphatic rings. The molecule has 4 heterocycles. The summed E-state index contributed by atoms with van der Waals surface area (Å²) in [6.45, 7) is 2.04. The summed E-state index contributed by atoms with van der Waals surface area (Å²) in [6.07, 6.45) is 6.39. The minimum atomic E-state index is 0.384. The normalized spacial score (nSPS) is 14.9. The van der Waals surface area contributed by atoms with Crippen LogP contribution < -0.4 is 5.32 Å². The number of pyridine rings is 1. The third kappa shape index (κ3) is 3.34. The molecular formula is C30H27N5. The van der Waals surface area contributed by atoms with Gasteiger partial charge in [-0.2, -0.15) is 0 Å². The van der Waals surface area contributed by atoms with Crippen molar-refractivity contribution in [1.82, 2.24) is 24.4 Å². The number of nitrogens with one attached hydrogen (secondary N) is 1. The fraction of sp³-hybridized carbons (Fsp3) is 0.200. The molecular weight excluding hydrogens is 430 g/mol. The summed E-state index contributed by atoms with van der Waals surface area (Å²) in [5.74, 6) is 1.02. The highest BCUT2D eigenvalue weighted by molar-refractivity contribution is 5.96. The molecule has 172 valence electrons. The third-order valence-corrected chi connectivity index (χ3v) is 7.42. The molecule has 1 aliphatic heterocycles. The van der Waals surface area contributed by atoms with Crippen molar-refractivity contribution in [2.75, 3.05) is 13.1 Å². The zero-order chi connectivity index (χ0) is 23.4. The smallest absolute Gasteiger partial charge is 0.160 e. The molecule has 35 heavy (non-hydrogen) atoms. The summed E-state index contributed by atoms with van der Waals surface area (Å²) < 4.78 is 4.60. The van der Waals surface area contributed by atoms with Crippen molar-refractivity contribution >= 4 is 32.8 Å². The lowest BCUT2D eigenvalue weighted by Gasteiger charge is -2.25. The maximum atomic E-state index is 5.24. The second-order valence-electron chi connectivity index (χ2n) is 9.59. The Bertz CT molecular complexity index is 1700. The van der Waals surface area contributed by atoms with E-state index in [-0.39, 0.29) is 0 Å². The van der Waals surface area contributed by atoms with Gasteiger partial charge in [-0.1, -0.05) is 54.6 Å². The minimum absolute atomic E-state index is 0.384. The van der Waals surface area contributed by atoms with Crippen LogP contribution in [0.1, 0.15) is 18.9 Å². The van der Waals surface area contributed by atoms with Gasteiger partial charge in [0.1, 0.15) is 11.3 Å². The Morgan fingerprint density at radius 1 is 0.857 bits per heavy atom. The molecule has 0 saturated carbocycles. The summed E-state index contributed by atoms with van der Waals surface area (Å²) in [5.41, 5.74) is 6.59. The van der Waals surface area contributed by atoms with Gasteiger partial charge < -0.3 is 14.5 Å². The number of aryl methyl sites for hydroxylation is 1. The highest BCUT2D eigenvalue weighted by Gasteiger charge is 2.25. The number of hydrogen-bond donors (Lipinski definition) is 1. The zero-order valence-electron chi connectivity index (χ0n) is 19.8. The molecule has 0 amide bonds. The summed E-state index contributed by atoms with van der Waals surface area (Å²) >= 11 is 0. The second kappa shape index (κ2) is 8.07. The highest BCUT2D eigenvalue weighted by atomic mass is 15.2. The Morgan fingerprint density at radius 2 is 1.66 bits per heavy atom. The van der Waals surface area contributed by atoms with Crippen LogP contribution in [0, 0.1) is 0 Å². The number of hydrogen-bond acceptors (Lipinski definition) is 3. The Hall–Kier alpha value is -3.96. The lowest BCUT2D eigenvalue weighted by atomic mass is 10.0.